The quantitative estimate of drug-likeness (QED) is 0.518. The van der Waals surface area contributed by atoms with Crippen LogP contribution in [0.25, 0.3) is 10.8 Å². The van der Waals surface area contributed by atoms with Crippen LogP contribution in [0.3, 0.4) is 0 Å². The zero-order valence-corrected chi connectivity index (χ0v) is 16.4. The Morgan fingerprint density at radius 2 is 1.61 bits per heavy atom. The highest BCUT2D eigenvalue weighted by atomic mass is 79.9. The second kappa shape index (κ2) is 7.83. The van der Waals surface area contributed by atoms with Crippen molar-refractivity contribution < 1.29 is 23.1 Å². The predicted octanol–water partition coefficient (Wildman–Crippen LogP) is 5.61. The van der Waals surface area contributed by atoms with Gasteiger partial charge >= 0.3 is 6.18 Å². The molecule has 0 saturated carbocycles. The number of carbonyl (C=O) groups excluding carboxylic acids is 1. The lowest BCUT2D eigenvalue weighted by Crippen LogP contribution is -2.49. The Kier molecular flexibility index (Phi) is 5.65. The van der Waals surface area contributed by atoms with Gasteiger partial charge in [-0.1, -0.05) is 70.5 Å². The van der Waals surface area contributed by atoms with Crippen LogP contribution in [0.4, 0.5) is 18.0 Å². The molecule has 146 valence electrons. The van der Waals surface area contributed by atoms with E-state index in [1.807, 2.05) is 18.2 Å². The first-order valence-electron chi connectivity index (χ1n) is 8.49. The molecule has 0 saturated heterocycles. The van der Waals surface area contributed by atoms with Crippen LogP contribution in [0.1, 0.15) is 30.1 Å². The molecule has 0 bridgehead atoms. The van der Waals surface area contributed by atoms with Crippen molar-refractivity contribution in [2.24, 2.45) is 0 Å². The maximum atomic E-state index is 14.0. The maximum Gasteiger partial charge on any atom is 0.413 e. The lowest BCUT2D eigenvalue weighted by Gasteiger charge is -2.40. The molecule has 0 N–H and O–H groups in total. The lowest BCUT2D eigenvalue weighted by molar-refractivity contribution is -0.284. The first-order valence-corrected chi connectivity index (χ1v) is 9.28. The highest BCUT2D eigenvalue weighted by Gasteiger charge is 2.46. The number of halogens is 4. The van der Waals surface area contributed by atoms with Gasteiger partial charge in [0.25, 0.3) is 0 Å². The minimum atomic E-state index is -4.81. The molecule has 0 fully saturated rings. The highest BCUT2D eigenvalue weighted by Crippen LogP contribution is 2.42. The van der Waals surface area contributed by atoms with E-state index in [0.717, 1.165) is 5.39 Å². The Morgan fingerprint density at radius 3 is 2.21 bits per heavy atom. The van der Waals surface area contributed by atoms with Crippen LogP contribution in [0.2, 0.25) is 0 Å². The van der Waals surface area contributed by atoms with E-state index in [1.165, 1.54) is 31.2 Å². The maximum absolute atomic E-state index is 14.0. The van der Waals surface area contributed by atoms with Crippen molar-refractivity contribution in [3.8, 4) is 0 Å². The van der Waals surface area contributed by atoms with Crippen LogP contribution >= 0.6 is 15.9 Å². The van der Waals surface area contributed by atoms with Crippen LogP contribution in [-0.2, 0) is 0 Å². The number of fused-ring (bicyclic) bond motifs is 1. The van der Waals surface area contributed by atoms with Gasteiger partial charge in [0.2, 0.25) is 0 Å². The zero-order valence-electron chi connectivity index (χ0n) is 14.8. The highest BCUT2D eigenvalue weighted by molar-refractivity contribution is 9.10. The van der Waals surface area contributed by atoms with E-state index in [9.17, 15) is 23.1 Å². The van der Waals surface area contributed by atoms with Crippen molar-refractivity contribution in [2.75, 3.05) is 0 Å². The number of benzene rings is 3. The Balaban J connectivity index is 2.14. The monoisotopic (exact) mass is 450 g/mol. The summed E-state index contributed by atoms with van der Waals surface area (Å²) in [5.41, 5.74) is 0.306. The molecule has 0 spiro atoms. The molecule has 0 aliphatic carbocycles. The van der Waals surface area contributed by atoms with Gasteiger partial charge in [0.15, 0.2) is 6.04 Å². The van der Waals surface area contributed by atoms with Gasteiger partial charge in [0, 0.05) is 4.47 Å². The van der Waals surface area contributed by atoms with Crippen molar-refractivity contribution in [3.05, 3.63) is 82.3 Å². The summed E-state index contributed by atoms with van der Waals surface area (Å²) in [7, 11) is 0. The Hall–Kier alpha value is -2.54. The first kappa shape index (κ1) is 20.2. The number of hydrogen-bond acceptors (Lipinski definition) is 2. The largest absolute Gasteiger partial charge is 0.530 e. The van der Waals surface area contributed by atoms with Crippen LogP contribution in [0.15, 0.2) is 71.2 Å². The summed E-state index contributed by atoms with van der Waals surface area (Å²) < 4.78 is 42.5. The third-order valence-electron chi connectivity index (χ3n) is 4.68. The number of hydrogen-bond donors (Lipinski definition) is 0. The molecule has 1 amide bonds. The third-order valence-corrected chi connectivity index (χ3v) is 5.20. The summed E-state index contributed by atoms with van der Waals surface area (Å²) in [5.74, 6) is 0. The molecular weight excluding hydrogens is 435 g/mol. The average molecular weight is 451 g/mol. The SMILES string of the molecule is C[C@@H](c1cccc2ccccc12)N(C(=O)[O-])[C@@H](c1ccc(Br)cc1)C(F)(F)F. The van der Waals surface area contributed by atoms with Crippen LogP contribution < -0.4 is 5.11 Å². The minimum Gasteiger partial charge on any atom is -0.530 e. The molecule has 3 aromatic rings. The van der Waals surface area contributed by atoms with E-state index >= 15 is 0 Å². The number of rotatable bonds is 4. The average Bonchev–Trinajstić information content (AvgIpc) is 2.65. The van der Waals surface area contributed by atoms with Crippen LogP contribution in [0, 0.1) is 0 Å². The molecule has 0 aliphatic rings. The summed E-state index contributed by atoms with van der Waals surface area (Å²) in [6, 6.07) is 14.3. The van der Waals surface area contributed by atoms with E-state index in [4.69, 9.17) is 0 Å². The number of amides is 1. The van der Waals surface area contributed by atoms with E-state index in [0.29, 0.717) is 20.3 Å². The number of alkyl halides is 3. The summed E-state index contributed by atoms with van der Waals surface area (Å²) in [5, 5.41) is 13.4. The molecule has 3 aromatic carbocycles. The fourth-order valence-corrected chi connectivity index (χ4v) is 3.67. The third kappa shape index (κ3) is 3.99. The molecule has 7 heteroatoms. The van der Waals surface area contributed by atoms with Gasteiger partial charge in [-0.05, 0) is 41.0 Å². The number of carboxylic acid groups (broad SMARTS) is 1. The Morgan fingerprint density at radius 1 is 1.00 bits per heavy atom. The molecule has 2 atom stereocenters. The van der Waals surface area contributed by atoms with Crippen molar-refractivity contribution in [1.82, 2.24) is 4.90 Å². The van der Waals surface area contributed by atoms with Gasteiger partial charge in [0.1, 0.15) is 6.09 Å². The Labute approximate surface area is 168 Å². The summed E-state index contributed by atoms with van der Waals surface area (Å²) in [4.78, 5) is 12.3. The normalized spacial score (nSPS) is 13.9. The van der Waals surface area contributed by atoms with E-state index in [-0.39, 0.29) is 5.56 Å². The minimum absolute atomic E-state index is 0.174. The van der Waals surface area contributed by atoms with Crippen molar-refractivity contribution in [3.63, 3.8) is 0 Å². The van der Waals surface area contributed by atoms with Gasteiger partial charge < -0.3 is 14.8 Å². The van der Waals surface area contributed by atoms with Crippen molar-refractivity contribution in [2.45, 2.75) is 25.2 Å². The molecule has 0 unspecified atom stereocenters. The van der Waals surface area contributed by atoms with Gasteiger partial charge in [-0.3, -0.25) is 0 Å². The van der Waals surface area contributed by atoms with Gasteiger partial charge in [-0.25, -0.2) is 0 Å². The molecule has 3 nitrogen and oxygen atoms in total. The zero-order chi connectivity index (χ0) is 20.5. The smallest absolute Gasteiger partial charge is 0.413 e. The van der Waals surface area contributed by atoms with Gasteiger partial charge in [-0.15, -0.1) is 0 Å². The molecule has 0 aromatic heterocycles. The summed E-state index contributed by atoms with van der Waals surface area (Å²) in [6.07, 6.45) is -6.70. The van der Waals surface area contributed by atoms with Crippen LogP contribution in [-0.4, -0.2) is 17.2 Å². The van der Waals surface area contributed by atoms with E-state index < -0.39 is 24.4 Å². The Bertz CT molecular complexity index is 984. The standard InChI is InChI=1S/C21H17BrF3NO2/c1-13(17-8-4-6-14-5-2-3-7-18(14)17)26(20(27)28)19(21(23,24)25)15-9-11-16(22)12-10-15/h2-13,19H,1H3,(H,27,28)/p-1/t13-,19-/m0/s1. The summed E-state index contributed by atoms with van der Waals surface area (Å²) >= 11 is 3.18. The van der Waals surface area contributed by atoms with E-state index in [1.54, 1.807) is 24.3 Å². The molecule has 28 heavy (non-hydrogen) atoms. The fraction of sp³-hybridized carbons (Fsp3) is 0.190. The second-order valence-electron chi connectivity index (χ2n) is 6.41. The molecule has 0 radical (unpaired) electrons. The lowest BCUT2D eigenvalue weighted by atomic mass is 9.96. The van der Waals surface area contributed by atoms with Crippen molar-refractivity contribution in [1.29, 1.82) is 0 Å². The van der Waals surface area contributed by atoms with Gasteiger partial charge in [0.05, 0.1) is 6.04 Å². The van der Waals surface area contributed by atoms with Crippen molar-refractivity contribution >= 4 is 32.8 Å². The van der Waals surface area contributed by atoms with Crippen LogP contribution in [0.5, 0.6) is 0 Å². The van der Waals surface area contributed by atoms with E-state index in [2.05, 4.69) is 15.9 Å². The number of carbonyl (C=O) groups is 1. The molecule has 0 heterocycles. The molecule has 0 aliphatic heterocycles. The second-order valence-corrected chi connectivity index (χ2v) is 7.33. The number of nitrogens with zero attached hydrogens (tertiary/aromatic N) is 1. The predicted molar refractivity (Wildman–Crippen MR) is 103 cm³/mol. The summed E-state index contributed by atoms with van der Waals surface area (Å²) in [6.45, 7) is 1.44. The topological polar surface area (TPSA) is 43.4 Å². The molecule has 3 rings (SSSR count). The first-order chi connectivity index (χ1) is 13.2. The van der Waals surface area contributed by atoms with Gasteiger partial charge in [-0.2, -0.15) is 13.2 Å². The molecular formula is C21H16BrF3NO2-. The fourth-order valence-electron chi connectivity index (χ4n) is 3.40.